The second-order valence-electron chi connectivity index (χ2n) is 11.3. The number of nitrogens with zero attached hydrogens (tertiary/aromatic N) is 2. The number of hydrogen-bond donors (Lipinski definition) is 0. The van der Waals surface area contributed by atoms with E-state index in [1.807, 2.05) is 0 Å². The molecule has 14 nitrogen and oxygen atoms in total. The fraction of sp³-hybridized carbons (Fsp3) is 0.250. The van der Waals surface area contributed by atoms with Crippen LogP contribution in [-0.2, 0) is 38.0 Å². The number of carbonyl (C=O) groups is 4. The predicted octanol–water partition coefficient (Wildman–Crippen LogP) is 5.52. The number of rotatable bonds is 18. The van der Waals surface area contributed by atoms with Crippen LogP contribution in [0, 0.1) is 0 Å². The van der Waals surface area contributed by atoms with Crippen LogP contribution in [0.3, 0.4) is 0 Å². The SMILES string of the molecule is C=CC(=O)OCCCOc1ccc(-c2ccc(C(=O)O[C@H]3OCCO[C@@H]3OC(=O)c3ccc(-c4ccc(OCCCOC(=O)C=C)cn4)cc3)cc2)nc1. The van der Waals surface area contributed by atoms with E-state index >= 15 is 0 Å². The van der Waals surface area contributed by atoms with Crippen LogP contribution in [0.1, 0.15) is 33.6 Å². The molecule has 1 aliphatic rings. The summed E-state index contributed by atoms with van der Waals surface area (Å²) in [6.45, 7) is 8.10. The van der Waals surface area contributed by atoms with Crippen LogP contribution in [0.5, 0.6) is 11.5 Å². The fourth-order valence-corrected chi connectivity index (χ4v) is 4.80. The third-order valence-corrected chi connectivity index (χ3v) is 7.56. The molecule has 1 fully saturated rings. The molecule has 0 amide bonds. The lowest BCUT2D eigenvalue weighted by Gasteiger charge is -2.30. The summed E-state index contributed by atoms with van der Waals surface area (Å²) in [7, 11) is 0. The molecule has 2 aromatic carbocycles. The normalized spacial score (nSPS) is 14.9. The maximum absolute atomic E-state index is 13.0. The topological polar surface area (TPSA) is 168 Å². The number of benzene rings is 2. The summed E-state index contributed by atoms with van der Waals surface area (Å²) in [5.41, 5.74) is 3.30. The summed E-state index contributed by atoms with van der Waals surface area (Å²) in [5.74, 6) is -1.24. The van der Waals surface area contributed by atoms with Crippen LogP contribution >= 0.6 is 0 Å². The minimum atomic E-state index is -1.29. The van der Waals surface area contributed by atoms with E-state index in [0.29, 0.717) is 48.9 Å². The quantitative estimate of drug-likeness (QED) is 0.0542. The Balaban J connectivity index is 1.08. The first-order valence-corrected chi connectivity index (χ1v) is 16.9. The highest BCUT2D eigenvalue weighted by Crippen LogP contribution is 2.24. The van der Waals surface area contributed by atoms with Gasteiger partial charge in [0.05, 0.1) is 74.5 Å². The van der Waals surface area contributed by atoms with E-state index in [-0.39, 0.29) is 37.6 Å². The van der Waals surface area contributed by atoms with Crippen LogP contribution in [0.25, 0.3) is 22.5 Å². The van der Waals surface area contributed by atoms with Crippen molar-refractivity contribution in [3.05, 3.63) is 122 Å². The van der Waals surface area contributed by atoms with E-state index in [2.05, 4.69) is 23.1 Å². The number of pyridine rings is 2. The number of carbonyl (C=O) groups excluding carboxylic acids is 4. The summed E-state index contributed by atoms with van der Waals surface area (Å²) >= 11 is 0. The van der Waals surface area contributed by atoms with Gasteiger partial charge >= 0.3 is 23.9 Å². The minimum Gasteiger partial charge on any atom is -0.492 e. The van der Waals surface area contributed by atoms with Gasteiger partial charge in [-0.1, -0.05) is 37.4 Å². The van der Waals surface area contributed by atoms with Crippen molar-refractivity contribution in [3.63, 3.8) is 0 Å². The molecule has 54 heavy (non-hydrogen) atoms. The van der Waals surface area contributed by atoms with Gasteiger partial charge in [-0.25, -0.2) is 19.2 Å². The van der Waals surface area contributed by atoms with Gasteiger partial charge in [0, 0.05) is 36.1 Å². The highest BCUT2D eigenvalue weighted by Gasteiger charge is 2.34. The number of aromatic nitrogens is 2. The second-order valence-corrected chi connectivity index (χ2v) is 11.3. The average Bonchev–Trinajstić information content (AvgIpc) is 3.21. The van der Waals surface area contributed by atoms with Gasteiger partial charge < -0.3 is 37.9 Å². The van der Waals surface area contributed by atoms with Gasteiger partial charge in [0.25, 0.3) is 12.6 Å². The van der Waals surface area contributed by atoms with E-state index in [1.165, 1.54) is 0 Å². The Hall–Kier alpha value is -6.38. The maximum Gasteiger partial charge on any atom is 0.340 e. The lowest BCUT2D eigenvalue weighted by molar-refractivity contribution is -0.288. The largest absolute Gasteiger partial charge is 0.492 e. The molecule has 1 saturated heterocycles. The Labute approximate surface area is 311 Å². The molecule has 0 bridgehead atoms. The van der Waals surface area contributed by atoms with Gasteiger partial charge in [-0.3, -0.25) is 9.97 Å². The molecule has 2 atom stereocenters. The van der Waals surface area contributed by atoms with Crippen molar-refractivity contribution in [2.75, 3.05) is 39.6 Å². The third kappa shape index (κ3) is 11.6. The summed E-state index contributed by atoms with van der Waals surface area (Å²) in [5, 5.41) is 0. The predicted molar refractivity (Wildman–Crippen MR) is 192 cm³/mol. The minimum absolute atomic E-state index is 0.135. The van der Waals surface area contributed by atoms with Crippen molar-refractivity contribution in [3.8, 4) is 34.0 Å². The van der Waals surface area contributed by atoms with Crippen molar-refractivity contribution < 1.29 is 57.1 Å². The molecule has 0 saturated carbocycles. The van der Waals surface area contributed by atoms with E-state index in [4.69, 9.17) is 37.9 Å². The van der Waals surface area contributed by atoms with Crippen molar-refractivity contribution in [1.29, 1.82) is 0 Å². The molecular formula is C40H38N2O12. The molecular weight excluding hydrogens is 700 g/mol. The third-order valence-electron chi connectivity index (χ3n) is 7.56. The van der Waals surface area contributed by atoms with Crippen molar-refractivity contribution >= 4 is 23.9 Å². The molecule has 4 aromatic rings. The van der Waals surface area contributed by atoms with Crippen LogP contribution in [0.2, 0.25) is 0 Å². The molecule has 280 valence electrons. The van der Waals surface area contributed by atoms with Crippen molar-refractivity contribution in [1.82, 2.24) is 9.97 Å². The molecule has 14 heteroatoms. The van der Waals surface area contributed by atoms with Gasteiger partial charge in [-0.15, -0.1) is 0 Å². The molecule has 5 rings (SSSR count). The maximum atomic E-state index is 13.0. The zero-order chi connectivity index (χ0) is 38.1. The average molecular weight is 739 g/mol. The fourth-order valence-electron chi connectivity index (χ4n) is 4.80. The molecule has 1 aliphatic heterocycles. The number of ether oxygens (including phenoxy) is 8. The Morgan fingerprint density at radius 1 is 0.593 bits per heavy atom. The summed E-state index contributed by atoms with van der Waals surface area (Å²) in [4.78, 5) is 57.0. The summed E-state index contributed by atoms with van der Waals surface area (Å²) < 4.78 is 43.3. The molecule has 0 N–H and O–H groups in total. The molecule has 0 aliphatic carbocycles. The molecule has 2 aromatic heterocycles. The van der Waals surface area contributed by atoms with Crippen molar-refractivity contribution in [2.45, 2.75) is 25.4 Å². The van der Waals surface area contributed by atoms with Crippen LogP contribution < -0.4 is 9.47 Å². The van der Waals surface area contributed by atoms with Gasteiger partial charge in [0.2, 0.25) is 0 Å². The first-order chi connectivity index (χ1) is 26.3. The lowest BCUT2D eigenvalue weighted by atomic mass is 10.1. The second kappa shape index (κ2) is 20.0. The first-order valence-electron chi connectivity index (χ1n) is 16.9. The van der Waals surface area contributed by atoms with E-state index < -0.39 is 36.5 Å². The number of esters is 4. The highest BCUT2D eigenvalue weighted by molar-refractivity contribution is 5.91. The first kappa shape index (κ1) is 38.8. The van der Waals surface area contributed by atoms with Gasteiger partial charge in [-0.2, -0.15) is 0 Å². The zero-order valence-corrected chi connectivity index (χ0v) is 29.3. The lowest BCUT2D eigenvalue weighted by Crippen LogP contribution is -2.44. The van der Waals surface area contributed by atoms with Crippen molar-refractivity contribution in [2.24, 2.45) is 0 Å². The van der Waals surface area contributed by atoms with Gasteiger partial charge in [0.1, 0.15) is 11.5 Å². The Morgan fingerprint density at radius 2 is 1.00 bits per heavy atom. The zero-order valence-electron chi connectivity index (χ0n) is 29.3. The summed E-state index contributed by atoms with van der Waals surface area (Å²) in [6, 6.07) is 20.3. The van der Waals surface area contributed by atoms with E-state index in [9.17, 15) is 19.2 Å². The number of hydrogen-bond acceptors (Lipinski definition) is 14. The molecule has 0 unspecified atom stereocenters. The van der Waals surface area contributed by atoms with E-state index in [1.54, 1.807) is 85.2 Å². The Morgan fingerprint density at radius 3 is 1.35 bits per heavy atom. The molecule has 0 radical (unpaired) electrons. The Bertz CT molecular complexity index is 1740. The standard InChI is InChI=1S/C40H38N2O12/c1-3-35(43)49-21-5-19-47-31-15-17-33(41-25-31)27-7-11-29(12-8-27)37(45)53-39-40(52-24-23-51-39)54-38(46)30-13-9-28(10-14-30)34-18-16-32(26-42-34)48-20-6-22-50-36(44)4-2/h3-4,7-18,25-26,39-40H,1-2,5-6,19-24H2/t39-,40-/m1/s1. The van der Waals surface area contributed by atoms with Gasteiger partial charge in [-0.05, 0) is 48.5 Å². The van der Waals surface area contributed by atoms with Crippen LogP contribution in [0.15, 0.2) is 111 Å². The van der Waals surface area contributed by atoms with Gasteiger partial charge in [0.15, 0.2) is 0 Å². The van der Waals surface area contributed by atoms with Crippen LogP contribution in [0.4, 0.5) is 0 Å². The smallest absolute Gasteiger partial charge is 0.340 e. The molecule has 3 heterocycles. The summed E-state index contributed by atoms with van der Waals surface area (Å²) in [6.07, 6.45) is 3.83. The highest BCUT2D eigenvalue weighted by atomic mass is 16.8. The van der Waals surface area contributed by atoms with E-state index in [0.717, 1.165) is 23.3 Å². The van der Waals surface area contributed by atoms with Crippen LogP contribution in [-0.4, -0.2) is 86.1 Å². The molecule has 0 spiro atoms. The monoisotopic (exact) mass is 738 g/mol. The Kier molecular flexibility index (Phi) is 14.4.